The zero-order valence-corrected chi connectivity index (χ0v) is 10.6. The fourth-order valence-electron chi connectivity index (χ4n) is 2.59. The zero-order valence-electron chi connectivity index (χ0n) is 10.6. The number of likely N-dealkylation sites (N-methyl/N-ethyl adjacent to an activating group) is 1. The topological polar surface area (TPSA) is 24.5 Å². The minimum Gasteiger partial charge on any atom is -0.383 e. The van der Waals surface area contributed by atoms with Gasteiger partial charge in [-0.3, -0.25) is 4.90 Å². The summed E-state index contributed by atoms with van der Waals surface area (Å²) >= 11 is 0. The number of methoxy groups -OCH3 is 1. The first-order chi connectivity index (χ1) is 7.20. The van der Waals surface area contributed by atoms with Crippen molar-refractivity contribution in [3.63, 3.8) is 0 Å². The molecule has 0 aliphatic carbocycles. The van der Waals surface area contributed by atoms with Crippen LogP contribution in [0.5, 0.6) is 0 Å². The van der Waals surface area contributed by atoms with Crippen molar-refractivity contribution in [3.05, 3.63) is 0 Å². The molecule has 90 valence electrons. The summed E-state index contributed by atoms with van der Waals surface area (Å²) in [5.74, 6) is 0.669. The van der Waals surface area contributed by atoms with E-state index in [1.165, 1.54) is 19.4 Å². The first kappa shape index (κ1) is 12.9. The van der Waals surface area contributed by atoms with Gasteiger partial charge >= 0.3 is 0 Å². The molecule has 1 aliphatic heterocycles. The molecule has 0 bridgehead atoms. The molecule has 0 amide bonds. The summed E-state index contributed by atoms with van der Waals surface area (Å²) in [6.45, 7) is 7.78. The van der Waals surface area contributed by atoms with Crippen molar-refractivity contribution in [2.75, 3.05) is 33.9 Å². The third kappa shape index (κ3) is 3.44. The Bertz CT molecular complexity index is 173. The Balaban J connectivity index is 2.56. The molecule has 0 saturated carbocycles. The molecule has 2 unspecified atom stereocenters. The minimum atomic E-state index is 0.579. The van der Waals surface area contributed by atoms with Gasteiger partial charge in [0.1, 0.15) is 0 Å². The molecule has 0 aromatic rings. The fraction of sp³-hybridized carbons (Fsp3) is 1.00. The number of likely N-dealkylation sites (tertiary alicyclic amines) is 1. The summed E-state index contributed by atoms with van der Waals surface area (Å²) in [7, 11) is 3.84. The Hall–Kier alpha value is -0.120. The van der Waals surface area contributed by atoms with Crippen LogP contribution in [0.4, 0.5) is 0 Å². The second kappa shape index (κ2) is 6.46. The van der Waals surface area contributed by atoms with Crippen molar-refractivity contribution in [2.24, 2.45) is 5.92 Å². The summed E-state index contributed by atoms with van der Waals surface area (Å²) in [4.78, 5) is 2.63. The highest BCUT2D eigenvalue weighted by atomic mass is 16.5. The first-order valence-corrected chi connectivity index (χ1v) is 6.10. The second-order valence-corrected chi connectivity index (χ2v) is 4.86. The van der Waals surface area contributed by atoms with Crippen molar-refractivity contribution in [1.29, 1.82) is 0 Å². The minimum absolute atomic E-state index is 0.579. The van der Waals surface area contributed by atoms with Crippen LogP contribution in [0.3, 0.4) is 0 Å². The van der Waals surface area contributed by atoms with Gasteiger partial charge in [-0.05, 0) is 32.4 Å². The molecule has 1 fully saturated rings. The van der Waals surface area contributed by atoms with Gasteiger partial charge in [0.25, 0.3) is 0 Å². The molecule has 3 heteroatoms. The van der Waals surface area contributed by atoms with Gasteiger partial charge in [0.15, 0.2) is 0 Å². The largest absolute Gasteiger partial charge is 0.383 e. The van der Waals surface area contributed by atoms with Crippen molar-refractivity contribution >= 4 is 0 Å². The molecule has 1 heterocycles. The summed E-state index contributed by atoms with van der Waals surface area (Å²) in [5.41, 5.74) is 0. The average Bonchev–Trinajstić information content (AvgIpc) is 2.62. The standard InChI is InChI=1S/C12H26N2O/c1-10(2)12(9-15-4)14-7-5-6-11(14)8-13-3/h10-13H,5-9H2,1-4H3. The SMILES string of the molecule is CNCC1CCCN1C(COC)C(C)C. The highest BCUT2D eigenvalue weighted by molar-refractivity contribution is 4.87. The summed E-state index contributed by atoms with van der Waals surface area (Å²) in [5, 5.41) is 3.29. The Labute approximate surface area is 94.2 Å². The second-order valence-electron chi connectivity index (χ2n) is 4.86. The van der Waals surface area contributed by atoms with E-state index in [0.717, 1.165) is 13.2 Å². The van der Waals surface area contributed by atoms with Crippen LogP contribution in [0.1, 0.15) is 26.7 Å². The van der Waals surface area contributed by atoms with Gasteiger partial charge in [-0.25, -0.2) is 0 Å². The van der Waals surface area contributed by atoms with Gasteiger partial charge in [0.05, 0.1) is 6.61 Å². The van der Waals surface area contributed by atoms with E-state index in [1.54, 1.807) is 7.11 Å². The highest BCUT2D eigenvalue weighted by Gasteiger charge is 2.31. The molecule has 0 aromatic carbocycles. The molecule has 1 saturated heterocycles. The van der Waals surface area contributed by atoms with Crippen LogP contribution < -0.4 is 5.32 Å². The van der Waals surface area contributed by atoms with Crippen LogP contribution in [-0.4, -0.2) is 50.8 Å². The number of rotatable bonds is 6. The van der Waals surface area contributed by atoms with Gasteiger partial charge in [0, 0.05) is 25.7 Å². The zero-order chi connectivity index (χ0) is 11.3. The van der Waals surface area contributed by atoms with Crippen LogP contribution >= 0.6 is 0 Å². The van der Waals surface area contributed by atoms with E-state index in [4.69, 9.17) is 4.74 Å². The van der Waals surface area contributed by atoms with Crippen molar-refractivity contribution in [2.45, 2.75) is 38.8 Å². The predicted octanol–water partition coefficient (Wildman–Crippen LogP) is 1.34. The number of hydrogen-bond donors (Lipinski definition) is 1. The van der Waals surface area contributed by atoms with E-state index >= 15 is 0 Å². The Morgan fingerprint density at radius 3 is 2.73 bits per heavy atom. The molecule has 0 aromatic heterocycles. The number of nitrogens with one attached hydrogen (secondary N) is 1. The van der Waals surface area contributed by atoms with E-state index < -0.39 is 0 Å². The van der Waals surface area contributed by atoms with Crippen molar-refractivity contribution < 1.29 is 4.74 Å². The summed E-state index contributed by atoms with van der Waals surface area (Å²) < 4.78 is 5.34. The van der Waals surface area contributed by atoms with Crippen LogP contribution in [0.25, 0.3) is 0 Å². The third-order valence-electron chi connectivity index (χ3n) is 3.40. The monoisotopic (exact) mass is 214 g/mol. The van der Waals surface area contributed by atoms with Crippen LogP contribution in [0.15, 0.2) is 0 Å². The van der Waals surface area contributed by atoms with E-state index in [2.05, 4.69) is 24.1 Å². The predicted molar refractivity (Wildman–Crippen MR) is 64.2 cm³/mol. The Morgan fingerprint density at radius 1 is 1.47 bits per heavy atom. The lowest BCUT2D eigenvalue weighted by Gasteiger charge is -2.35. The maximum absolute atomic E-state index is 5.34. The fourth-order valence-corrected chi connectivity index (χ4v) is 2.59. The summed E-state index contributed by atoms with van der Waals surface area (Å²) in [6, 6.07) is 1.29. The number of ether oxygens (including phenoxy) is 1. The molecule has 0 spiro atoms. The lowest BCUT2D eigenvalue weighted by Crippen LogP contribution is -2.47. The van der Waals surface area contributed by atoms with Crippen molar-refractivity contribution in [3.8, 4) is 0 Å². The lowest BCUT2D eigenvalue weighted by atomic mass is 10.0. The van der Waals surface area contributed by atoms with E-state index in [9.17, 15) is 0 Å². The average molecular weight is 214 g/mol. The van der Waals surface area contributed by atoms with Gasteiger partial charge in [-0.15, -0.1) is 0 Å². The third-order valence-corrected chi connectivity index (χ3v) is 3.40. The van der Waals surface area contributed by atoms with E-state index in [0.29, 0.717) is 18.0 Å². The van der Waals surface area contributed by atoms with Crippen LogP contribution in [0, 0.1) is 5.92 Å². The van der Waals surface area contributed by atoms with Gasteiger partial charge < -0.3 is 10.1 Å². The Kier molecular flexibility index (Phi) is 5.58. The highest BCUT2D eigenvalue weighted by Crippen LogP contribution is 2.23. The first-order valence-electron chi connectivity index (χ1n) is 6.10. The molecular formula is C12H26N2O. The molecule has 1 aliphatic rings. The van der Waals surface area contributed by atoms with Gasteiger partial charge in [-0.1, -0.05) is 13.8 Å². The normalized spacial score (nSPS) is 25.0. The Morgan fingerprint density at radius 2 is 2.20 bits per heavy atom. The van der Waals surface area contributed by atoms with Crippen LogP contribution in [-0.2, 0) is 4.74 Å². The lowest BCUT2D eigenvalue weighted by molar-refractivity contribution is 0.0566. The number of hydrogen-bond acceptors (Lipinski definition) is 3. The maximum Gasteiger partial charge on any atom is 0.0620 e. The molecular weight excluding hydrogens is 188 g/mol. The molecule has 1 N–H and O–H groups in total. The van der Waals surface area contributed by atoms with Crippen molar-refractivity contribution in [1.82, 2.24) is 10.2 Å². The smallest absolute Gasteiger partial charge is 0.0620 e. The maximum atomic E-state index is 5.34. The van der Waals surface area contributed by atoms with Crippen LogP contribution in [0.2, 0.25) is 0 Å². The summed E-state index contributed by atoms with van der Waals surface area (Å²) in [6.07, 6.45) is 2.66. The van der Waals surface area contributed by atoms with E-state index in [-0.39, 0.29) is 0 Å². The molecule has 2 atom stereocenters. The molecule has 15 heavy (non-hydrogen) atoms. The quantitative estimate of drug-likeness (QED) is 0.722. The molecule has 0 radical (unpaired) electrons. The van der Waals surface area contributed by atoms with E-state index in [1.807, 2.05) is 7.05 Å². The number of nitrogens with zero attached hydrogens (tertiary/aromatic N) is 1. The molecule has 3 nitrogen and oxygen atoms in total. The van der Waals surface area contributed by atoms with Gasteiger partial charge in [0.2, 0.25) is 0 Å². The van der Waals surface area contributed by atoms with Gasteiger partial charge in [-0.2, -0.15) is 0 Å². The molecule has 1 rings (SSSR count).